The standard InChI is InChI=1S/C10H15ClN2/c1-4-12-10-9(11)5-8(6-13-10)7(2)3/h5-7H,4H2,1-3H3,(H,12,13). The van der Waals surface area contributed by atoms with Crippen molar-refractivity contribution >= 4 is 17.4 Å². The van der Waals surface area contributed by atoms with E-state index in [9.17, 15) is 0 Å². The average Bonchev–Trinajstić information content (AvgIpc) is 2.08. The Morgan fingerprint density at radius 3 is 2.69 bits per heavy atom. The molecule has 1 heterocycles. The summed E-state index contributed by atoms with van der Waals surface area (Å²) in [6, 6.07) is 1.97. The topological polar surface area (TPSA) is 24.9 Å². The van der Waals surface area contributed by atoms with Gasteiger partial charge in [-0.2, -0.15) is 0 Å². The van der Waals surface area contributed by atoms with Crippen LogP contribution in [0, 0.1) is 0 Å². The molecule has 1 aromatic heterocycles. The minimum Gasteiger partial charge on any atom is -0.369 e. The highest BCUT2D eigenvalue weighted by Crippen LogP contribution is 2.23. The fourth-order valence-corrected chi connectivity index (χ4v) is 1.31. The van der Waals surface area contributed by atoms with E-state index in [1.807, 2.05) is 19.2 Å². The minimum atomic E-state index is 0.473. The molecule has 0 fully saturated rings. The number of rotatable bonds is 3. The Morgan fingerprint density at radius 1 is 1.54 bits per heavy atom. The molecule has 0 amide bonds. The molecule has 2 nitrogen and oxygen atoms in total. The zero-order valence-electron chi connectivity index (χ0n) is 8.26. The summed E-state index contributed by atoms with van der Waals surface area (Å²) in [5.74, 6) is 1.24. The van der Waals surface area contributed by atoms with Crippen LogP contribution in [0.3, 0.4) is 0 Å². The number of aromatic nitrogens is 1. The Bertz CT molecular complexity index is 284. The van der Waals surface area contributed by atoms with Gasteiger partial charge in [0.1, 0.15) is 5.82 Å². The normalized spacial score (nSPS) is 10.5. The van der Waals surface area contributed by atoms with E-state index in [-0.39, 0.29) is 0 Å². The highest BCUT2D eigenvalue weighted by molar-refractivity contribution is 6.32. The van der Waals surface area contributed by atoms with E-state index in [0.29, 0.717) is 10.9 Å². The first-order valence-corrected chi connectivity index (χ1v) is 4.92. The summed E-state index contributed by atoms with van der Waals surface area (Å²) < 4.78 is 0. The second-order valence-corrected chi connectivity index (χ2v) is 3.69. The van der Waals surface area contributed by atoms with Crippen LogP contribution in [0.5, 0.6) is 0 Å². The molecule has 0 radical (unpaired) electrons. The fourth-order valence-electron chi connectivity index (χ4n) is 1.07. The quantitative estimate of drug-likeness (QED) is 0.807. The average molecular weight is 199 g/mol. The summed E-state index contributed by atoms with van der Waals surface area (Å²) >= 11 is 6.03. The first kappa shape index (κ1) is 10.3. The lowest BCUT2D eigenvalue weighted by molar-refractivity contribution is 0.858. The Hall–Kier alpha value is -0.760. The summed E-state index contributed by atoms with van der Waals surface area (Å²) in [6.45, 7) is 7.11. The Morgan fingerprint density at radius 2 is 2.23 bits per heavy atom. The van der Waals surface area contributed by atoms with E-state index < -0.39 is 0 Å². The number of hydrogen-bond donors (Lipinski definition) is 1. The van der Waals surface area contributed by atoms with Crippen LogP contribution in [-0.2, 0) is 0 Å². The number of nitrogens with one attached hydrogen (secondary N) is 1. The molecule has 0 aliphatic rings. The lowest BCUT2D eigenvalue weighted by Crippen LogP contribution is -2.01. The molecular formula is C10H15ClN2. The SMILES string of the molecule is CCNc1ncc(C(C)C)cc1Cl. The molecule has 0 atom stereocenters. The van der Waals surface area contributed by atoms with Crippen molar-refractivity contribution in [1.82, 2.24) is 4.98 Å². The van der Waals surface area contributed by atoms with Crippen LogP contribution in [0.2, 0.25) is 5.02 Å². The van der Waals surface area contributed by atoms with Crippen LogP contribution in [0.4, 0.5) is 5.82 Å². The second-order valence-electron chi connectivity index (χ2n) is 3.28. The predicted molar refractivity (Wildman–Crippen MR) is 57.5 cm³/mol. The Balaban J connectivity index is 2.92. The molecule has 0 saturated carbocycles. The fraction of sp³-hybridized carbons (Fsp3) is 0.500. The summed E-state index contributed by atoms with van der Waals surface area (Å²) in [7, 11) is 0. The van der Waals surface area contributed by atoms with E-state index in [0.717, 1.165) is 12.4 Å². The van der Waals surface area contributed by atoms with Gasteiger partial charge in [0.25, 0.3) is 0 Å². The molecule has 0 aromatic carbocycles. The number of nitrogens with zero attached hydrogens (tertiary/aromatic N) is 1. The lowest BCUT2D eigenvalue weighted by atomic mass is 10.1. The van der Waals surface area contributed by atoms with Gasteiger partial charge in [-0.05, 0) is 24.5 Å². The van der Waals surface area contributed by atoms with Crippen LogP contribution in [0.15, 0.2) is 12.3 Å². The maximum absolute atomic E-state index is 6.03. The van der Waals surface area contributed by atoms with Crippen molar-refractivity contribution in [1.29, 1.82) is 0 Å². The molecular weight excluding hydrogens is 184 g/mol. The first-order valence-electron chi connectivity index (χ1n) is 4.54. The molecule has 0 spiro atoms. The van der Waals surface area contributed by atoms with Gasteiger partial charge in [-0.3, -0.25) is 0 Å². The molecule has 1 N–H and O–H groups in total. The third-order valence-electron chi connectivity index (χ3n) is 1.87. The predicted octanol–water partition coefficient (Wildman–Crippen LogP) is 3.29. The zero-order chi connectivity index (χ0) is 9.84. The summed E-state index contributed by atoms with van der Waals surface area (Å²) in [5, 5.41) is 3.80. The van der Waals surface area contributed by atoms with Gasteiger partial charge in [0.15, 0.2) is 0 Å². The van der Waals surface area contributed by atoms with Crippen molar-refractivity contribution in [3.05, 3.63) is 22.8 Å². The van der Waals surface area contributed by atoms with E-state index >= 15 is 0 Å². The van der Waals surface area contributed by atoms with Crippen molar-refractivity contribution in [3.63, 3.8) is 0 Å². The second kappa shape index (κ2) is 4.47. The maximum atomic E-state index is 6.03. The molecule has 1 rings (SSSR count). The van der Waals surface area contributed by atoms with Gasteiger partial charge in [-0.15, -0.1) is 0 Å². The molecule has 0 bridgehead atoms. The molecule has 0 aliphatic heterocycles. The largest absolute Gasteiger partial charge is 0.369 e. The first-order chi connectivity index (χ1) is 6.15. The van der Waals surface area contributed by atoms with Crippen molar-refractivity contribution in [3.8, 4) is 0 Å². The van der Waals surface area contributed by atoms with Gasteiger partial charge in [-0.1, -0.05) is 25.4 Å². The van der Waals surface area contributed by atoms with E-state index in [2.05, 4.69) is 24.1 Å². The minimum absolute atomic E-state index is 0.473. The monoisotopic (exact) mass is 198 g/mol. The highest BCUT2D eigenvalue weighted by Gasteiger charge is 2.04. The van der Waals surface area contributed by atoms with Crippen LogP contribution in [0.25, 0.3) is 0 Å². The molecule has 13 heavy (non-hydrogen) atoms. The maximum Gasteiger partial charge on any atom is 0.144 e. The third kappa shape index (κ3) is 2.59. The van der Waals surface area contributed by atoms with Gasteiger partial charge >= 0.3 is 0 Å². The van der Waals surface area contributed by atoms with Gasteiger partial charge in [0.2, 0.25) is 0 Å². The van der Waals surface area contributed by atoms with Crippen molar-refractivity contribution in [2.45, 2.75) is 26.7 Å². The Kier molecular flexibility index (Phi) is 3.55. The van der Waals surface area contributed by atoms with Crippen LogP contribution >= 0.6 is 11.6 Å². The molecule has 72 valence electrons. The van der Waals surface area contributed by atoms with Gasteiger partial charge in [-0.25, -0.2) is 4.98 Å². The van der Waals surface area contributed by atoms with Gasteiger partial charge in [0.05, 0.1) is 5.02 Å². The Labute approximate surface area is 84.3 Å². The smallest absolute Gasteiger partial charge is 0.144 e. The van der Waals surface area contributed by atoms with Crippen molar-refractivity contribution in [2.24, 2.45) is 0 Å². The summed E-state index contributed by atoms with van der Waals surface area (Å²) in [4.78, 5) is 4.25. The molecule has 3 heteroatoms. The zero-order valence-corrected chi connectivity index (χ0v) is 9.02. The molecule has 0 unspecified atom stereocenters. The van der Waals surface area contributed by atoms with Crippen molar-refractivity contribution < 1.29 is 0 Å². The molecule has 1 aromatic rings. The van der Waals surface area contributed by atoms with Crippen molar-refractivity contribution in [2.75, 3.05) is 11.9 Å². The van der Waals surface area contributed by atoms with E-state index in [4.69, 9.17) is 11.6 Å². The highest BCUT2D eigenvalue weighted by atomic mass is 35.5. The number of halogens is 1. The number of hydrogen-bond acceptors (Lipinski definition) is 2. The van der Waals surface area contributed by atoms with E-state index in [1.165, 1.54) is 5.56 Å². The summed E-state index contributed by atoms with van der Waals surface area (Å²) in [5.41, 5.74) is 1.17. The molecule has 0 aliphatic carbocycles. The third-order valence-corrected chi connectivity index (χ3v) is 2.16. The lowest BCUT2D eigenvalue weighted by Gasteiger charge is -2.08. The summed E-state index contributed by atoms with van der Waals surface area (Å²) in [6.07, 6.45) is 1.87. The van der Waals surface area contributed by atoms with Gasteiger partial charge < -0.3 is 5.32 Å². The molecule has 0 saturated heterocycles. The van der Waals surface area contributed by atoms with Crippen LogP contribution in [0.1, 0.15) is 32.3 Å². The van der Waals surface area contributed by atoms with Crippen LogP contribution < -0.4 is 5.32 Å². The number of anilines is 1. The van der Waals surface area contributed by atoms with Gasteiger partial charge in [0, 0.05) is 12.7 Å². The number of pyridine rings is 1. The van der Waals surface area contributed by atoms with E-state index in [1.54, 1.807) is 0 Å². The van der Waals surface area contributed by atoms with Crippen LogP contribution in [-0.4, -0.2) is 11.5 Å².